The third kappa shape index (κ3) is 5.65. The van der Waals surface area contributed by atoms with Gasteiger partial charge in [0.1, 0.15) is 26.2 Å². The van der Waals surface area contributed by atoms with Crippen LogP contribution in [0.4, 0.5) is 5.69 Å². The van der Waals surface area contributed by atoms with Crippen molar-refractivity contribution in [2.75, 3.05) is 64.3 Å². The standard InChI is InChI=1S/C19H27ClN4O3/c1-15(19(26)21-17-4-2-3-16(20)13-17)23-7-5-22(6-8-23)14-18(25)24-9-11-27-12-10-24/h2-4,13,15H,5-12,14H2,1H3,(H,21,26)/p+2/t15-/m0/s1. The summed E-state index contributed by atoms with van der Waals surface area (Å²) in [6.45, 7) is 8.74. The molecule has 1 atom stereocenters. The predicted octanol–water partition coefficient (Wildman–Crippen LogP) is -1.69. The molecule has 0 aromatic heterocycles. The number of nitrogens with zero attached hydrogens (tertiary/aromatic N) is 1. The van der Waals surface area contributed by atoms with E-state index in [1.807, 2.05) is 24.0 Å². The summed E-state index contributed by atoms with van der Waals surface area (Å²) in [4.78, 5) is 29.4. The third-order valence-electron chi connectivity index (χ3n) is 5.46. The maximum absolute atomic E-state index is 12.5. The van der Waals surface area contributed by atoms with E-state index in [0.717, 1.165) is 31.9 Å². The molecule has 8 heteroatoms. The fourth-order valence-corrected chi connectivity index (χ4v) is 3.87. The average molecular weight is 397 g/mol. The molecule has 7 nitrogen and oxygen atoms in total. The molecule has 2 amide bonds. The Morgan fingerprint density at radius 1 is 1.22 bits per heavy atom. The van der Waals surface area contributed by atoms with Gasteiger partial charge in [0.15, 0.2) is 12.6 Å². The Hall–Kier alpha value is -1.67. The largest absolute Gasteiger partial charge is 0.378 e. The summed E-state index contributed by atoms with van der Waals surface area (Å²) in [5.74, 6) is 0.212. The van der Waals surface area contributed by atoms with Crippen LogP contribution in [0.15, 0.2) is 24.3 Å². The number of hydrogen-bond acceptors (Lipinski definition) is 3. The summed E-state index contributed by atoms with van der Waals surface area (Å²) in [6, 6.07) is 7.06. The molecule has 3 N–H and O–H groups in total. The minimum absolute atomic E-state index is 0.000102. The van der Waals surface area contributed by atoms with E-state index < -0.39 is 0 Å². The number of quaternary nitrogens is 2. The SMILES string of the molecule is C[C@@H](C(=O)Nc1cccc(Cl)c1)[NH+]1CC[NH+](CC(=O)N2CCOCC2)CC1. The lowest BCUT2D eigenvalue weighted by Crippen LogP contribution is -3.30. The highest BCUT2D eigenvalue weighted by molar-refractivity contribution is 6.30. The predicted molar refractivity (Wildman–Crippen MR) is 103 cm³/mol. The first-order valence-corrected chi connectivity index (χ1v) is 10.0. The van der Waals surface area contributed by atoms with E-state index in [0.29, 0.717) is 37.9 Å². The van der Waals surface area contributed by atoms with E-state index in [1.165, 1.54) is 9.80 Å². The molecule has 0 spiro atoms. The normalized spacial score (nSPS) is 24.3. The lowest BCUT2D eigenvalue weighted by molar-refractivity contribution is -1.01. The summed E-state index contributed by atoms with van der Waals surface area (Å²) in [5.41, 5.74) is 0.721. The number of hydrogen-bond donors (Lipinski definition) is 3. The molecule has 0 bridgehead atoms. The van der Waals surface area contributed by atoms with Gasteiger partial charge >= 0.3 is 0 Å². The monoisotopic (exact) mass is 396 g/mol. The molecule has 1 aromatic rings. The van der Waals surface area contributed by atoms with Gasteiger partial charge in [-0.2, -0.15) is 0 Å². The van der Waals surface area contributed by atoms with Crippen LogP contribution in [-0.4, -0.2) is 81.8 Å². The van der Waals surface area contributed by atoms with E-state index in [9.17, 15) is 9.59 Å². The lowest BCUT2D eigenvalue weighted by Gasteiger charge is -2.34. The molecule has 0 aliphatic carbocycles. The quantitative estimate of drug-likeness (QED) is 0.556. The summed E-state index contributed by atoms with van der Waals surface area (Å²) in [7, 11) is 0. The number of ether oxygens (including phenoxy) is 1. The Labute approximate surface area is 165 Å². The number of benzene rings is 1. The van der Waals surface area contributed by atoms with Crippen molar-refractivity contribution in [3.05, 3.63) is 29.3 Å². The minimum atomic E-state index is -0.138. The topological polar surface area (TPSA) is 67.5 Å². The maximum Gasteiger partial charge on any atom is 0.282 e. The van der Waals surface area contributed by atoms with Crippen LogP contribution in [0, 0.1) is 0 Å². The second-order valence-electron chi connectivity index (χ2n) is 7.30. The van der Waals surface area contributed by atoms with Crippen LogP contribution < -0.4 is 15.1 Å². The first-order valence-electron chi connectivity index (χ1n) is 9.63. The molecular formula is C19H29ClN4O3+2. The first kappa shape index (κ1) is 20.1. The number of morpholine rings is 1. The van der Waals surface area contributed by atoms with Gasteiger partial charge in [0.2, 0.25) is 0 Å². The van der Waals surface area contributed by atoms with Crippen LogP contribution in [0.5, 0.6) is 0 Å². The van der Waals surface area contributed by atoms with Gasteiger partial charge in [0, 0.05) is 23.8 Å². The van der Waals surface area contributed by atoms with Gasteiger partial charge in [-0.15, -0.1) is 0 Å². The van der Waals surface area contributed by atoms with Crippen molar-refractivity contribution in [2.24, 2.45) is 0 Å². The summed E-state index contributed by atoms with van der Waals surface area (Å²) in [5, 5.41) is 3.55. The number of piperazine rings is 1. The molecular weight excluding hydrogens is 368 g/mol. The van der Waals surface area contributed by atoms with Gasteiger partial charge in [-0.1, -0.05) is 17.7 Å². The van der Waals surface area contributed by atoms with E-state index >= 15 is 0 Å². The fourth-order valence-electron chi connectivity index (χ4n) is 3.68. The molecule has 148 valence electrons. The Kier molecular flexibility index (Phi) is 7.07. The zero-order valence-electron chi connectivity index (χ0n) is 15.8. The number of anilines is 1. The van der Waals surface area contributed by atoms with Crippen LogP contribution in [-0.2, 0) is 14.3 Å². The van der Waals surface area contributed by atoms with Crippen LogP contribution >= 0.6 is 11.6 Å². The second-order valence-corrected chi connectivity index (χ2v) is 7.74. The molecule has 3 rings (SSSR count). The van der Waals surface area contributed by atoms with Crippen molar-refractivity contribution in [2.45, 2.75) is 13.0 Å². The van der Waals surface area contributed by atoms with Gasteiger partial charge in [-0.25, -0.2) is 0 Å². The van der Waals surface area contributed by atoms with E-state index in [1.54, 1.807) is 12.1 Å². The Balaban J connectivity index is 1.43. The van der Waals surface area contributed by atoms with E-state index in [4.69, 9.17) is 16.3 Å². The van der Waals surface area contributed by atoms with Crippen molar-refractivity contribution in [3.63, 3.8) is 0 Å². The molecule has 0 unspecified atom stereocenters. The Morgan fingerprint density at radius 2 is 1.93 bits per heavy atom. The highest BCUT2D eigenvalue weighted by atomic mass is 35.5. The fraction of sp³-hybridized carbons (Fsp3) is 0.579. The molecule has 2 fully saturated rings. The van der Waals surface area contributed by atoms with Crippen molar-refractivity contribution in [1.82, 2.24) is 4.90 Å². The highest BCUT2D eigenvalue weighted by Gasteiger charge is 2.32. The number of carbonyl (C=O) groups excluding carboxylic acids is 2. The van der Waals surface area contributed by atoms with Crippen LogP contribution in [0.2, 0.25) is 5.02 Å². The van der Waals surface area contributed by atoms with Crippen molar-refractivity contribution in [3.8, 4) is 0 Å². The second kappa shape index (κ2) is 9.50. The summed E-state index contributed by atoms with van der Waals surface area (Å²) >= 11 is 5.97. The van der Waals surface area contributed by atoms with Crippen LogP contribution in [0.3, 0.4) is 0 Å². The lowest BCUT2D eigenvalue weighted by atomic mass is 10.2. The number of halogens is 1. The van der Waals surface area contributed by atoms with Crippen LogP contribution in [0.1, 0.15) is 6.92 Å². The van der Waals surface area contributed by atoms with Gasteiger partial charge in [0.25, 0.3) is 11.8 Å². The average Bonchev–Trinajstić information content (AvgIpc) is 2.68. The smallest absolute Gasteiger partial charge is 0.282 e. The van der Waals surface area contributed by atoms with Crippen molar-refractivity contribution >= 4 is 29.1 Å². The number of amides is 2. The molecule has 2 saturated heterocycles. The number of rotatable bonds is 5. The van der Waals surface area contributed by atoms with Gasteiger partial charge in [-0.3, -0.25) is 9.59 Å². The molecule has 27 heavy (non-hydrogen) atoms. The molecule has 2 aliphatic rings. The molecule has 0 saturated carbocycles. The first-order chi connectivity index (χ1) is 13.0. The van der Waals surface area contributed by atoms with Crippen LogP contribution in [0.25, 0.3) is 0 Å². The number of nitrogens with one attached hydrogen (secondary N) is 3. The van der Waals surface area contributed by atoms with Gasteiger partial charge in [0.05, 0.1) is 13.2 Å². The molecule has 2 heterocycles. The van der Waals surface area contributed by atoms with Gasteiger partial charge < -0.3 is 24.8 Å². The summed E-state index contributed by atoms with van der Waals surface area (Å²) < 4.78 is 5.30. The molecule has 2 aliphatic heterocycles. The zero-order chi connectivity index (χ0) is 19.2. The number of carbonyl (C=O) groups is 2. The van der Waals surface area contributed by atoms with Crippen molar-refractivity contribution < 1.29 is 24.1 Å². The molecule has 1 aromatic carbocycles. The van der Waals surface area contributed by atoms with Crippen molar-refractivity contribution in [1.29, 1.82) is 0 Å². The van der Waals surface area contributed by atoms with E-state index in [-0.39, 0.29) is 17.9 Å². The minimum Gasteiger partial charge on any atom is -0.378 e. The maximum atomic E-state index is 12.5. The third-order valence-corrected chi connectivity index (χ3v) is 5.70. The zero-order valence-corrected chi connectivity index (χ0v) is 16.6. The Morgan fingerprint density at radius 3 is 2.59 bits per heavy atom. The molecule has 0 radical (unpaired) electrons. The highest BCUT2D eigenvalue weighted by Crippen LogP contribution is 2.14. The summed E-state index contributed by atoms with van der Waals surface area (Å²) in [6.07, 6.45) is 0. The Bertz CT molecular complexity index is 658. The van der Waals surface area contributed by atoms with E-state index in [2.05, 4.69) is 5.32 Å². The van der Waals surface area contributed by atoms with Gasteiger partial charge in [-0.05, 0) is 25.1 Å².